The van der Waals surface area contributed by atoms with Crippen LogP contribution in [0.5, 0.6) is 5.75 Å². The molecule has 0 bridgehead atoms. The van der Waals surface area contributed by atoms with Crippen LogP contribution in [0.25, 0.3) is 0 Å². The van der Waals surface area contributed by atoms with E-state index in [1.165, 1.54) is 0 Å². The van der Waals surface area contributed by atoms with Crippen molar-refractivity contribution in [2.24, 2.45) is 5.92 Å². The highest BCUT2D eigenvalue weighted by Crippen LogP contribution is 2.50. The van der Waals surface area contributed by atoms with Gasteiger partial charge in [-0.2, -0.15) is 0 Å². The van der Waals surface area contributed by atoms with E-state index in [1.54, 1.807) is 7.11 Å². The molecule has 0 aliphatic heterocycles. The van der Waals surface area contributed by atoms with E-state index < -0.39 is 0 Å². The van der Waals surface area contributed by atoms with E-state index in [0.29, 0.717) is 6.54 Å². The van der Waals surface area contributed by atoms with Crippen molar-refractivity contribution in [2.45, 2.75) is 25.4 Å². The summed E-state index contributed by atoms with van der Waals surface area (Å²) in [6, 6.07) is 15.7. The van der Waals surface area contributed by atoms with Crippen molar-refractivity contribution in [1.82, 2.24) is 5.32 Å². The molecule has 3 rings (SSSR count). The quantitative estimate of drug-likeness (QED) is 0.823. The van der Waals surface area contributed by atoms with Crippen LogP contribution in [0.1, 0.15) is 29.0 Å². The summed E-state index contributed by atoms with van der Waals surface area (Å²) in [5, 5.41) is 12.1. The maximum absolute atomic E-state index is 12.3. The lowest BCUT2D eigenvalue weighted by Crippen LogP contribution is -2.27. The first-order chi connectivity index (χ1) is 11.7. The molecule has 126 valence electrons. The zero-order chi connectivity index (χ0) is 16.9. The van der Waals surface area contributed by atoms with Gasteiger partial charge in [0.25, 0.3) is 0 Å². The van der Waals surface area contributed by atoms with E-state index in [-0.39, 0.29) is 24.3 Å². The zero-order valence-corrected chi connectivity index (χ0v) is 13.9. The van der Waals surface area contributed by atoms with E-state index in [9.17, 15) is 4.79 Å². The number of nitrogens with one attached hydrogen (secondary N) is 1. The van der Waals surface area contributed by atoms with Crippen molar-refractivity contribution >= 4 is 5.91 Å². The van der Waals surface area contributed by atoms with Crippen LogP contribution in [0.2, 0.25) is 0 Å². The summed E-state index contributed by atoms with van der Waals surface area (Å²) in [6.07, 6.45) is 1.68. The van der Waals surface area contributed by atoms with Crippen molar-refractivity contribution in [1.29, 1.82) is 0 Å². The van der Waals surface area contributed by atoms with Gasteiger partial charge in [0.1, 0.15) is 5.75 Å². The first-order valence-electron chi connectivity index (χ1n) is 8.32. The lowest BCUT2D eigenvalue weighted by atomic mass is 10.1. The normalized spacial score (nSPS) is 18.9. The Bertz CT molecular complexity index is 696. The first kappa shape index (κ1) is 16.5. The number of hydrogen-bond acceptors (Lipinski definition) is 3. The summed E-state index contributed by atoms with van der Waals surface area (Å²) >= 11 is 0. The molecule has 2 N–H and O–H groups in total. The SMILES string of the molecule is COc1ccccc1C1CC1C(=O)NCCc1ccc(CO)cc1. The fraction of sp³-hybridized carbons (Fsp3) is 0.350. The second-order valence-corrected chi connectivity index (χ2v) is 6.21. The van der Waals surface area contributed by atoms with Gasteiger partial charge in [-0.25, -0.2) is 0 Å². The Kier molecular flexibility index (Phi) is 5.16. The molecule has 0 heterocycles. The average Bonchev–Trinajstić information content (AvgIpc) is 3.43. The molecule has 1 saturated carbocycles. The van der Waals surface area contributed by atoms with Gasteiger partial charge in [0.05, 0.1) is 13.7 Å². The third-order valence-electron chi connectivity index (χ3n) is 4.58. The lowest BCUT2D eigenvalue weighted by Gasteiger charge is -2.08. The Hall–Kier alpha value is -2.33. The van der Waals surface area contributed by atoms with Gasteiger partial charge in [0.2, 0.25) is 5.91 Å². The van der Waals surface area contributed by atoms with Gasteiger partial charge in [-0.1, -0.05) is 42.5 Å². The lowest BCUT2D eigenvalue weighted by molar-refractivity contribution is -0.122. The number of methoxy groups -OCH3 is 1. The summed E-state index contributed by atoms with van der Waals surface area (Å²) in [6.45, 7) is 0.690. The molecule has 1 aliphatic carbocycles. The second kappa shape index (κ2) is 7.49. The third-order valence-corrected chi connectivity index (χ3v) is 4.58. The average molecular weight is 325 g/mol. The van der Waals surface area contributed by atoms with Gasteiger partial charge in [-0.05, 0) is 41.5 Å². The Labute approximate surface area is 142 Å². The number of carbonyl (C=O) groups excluding carboxylic acids is 1. The number of aliphatic hydroxyl groups excluding tert-OH is 1. The number of benzene rings is 2. The molecular weight excluding hydrogens is 302 g/mol. The van der Waals surface area contributed by atoms with Crippen molar-refractivity contribution in [2.75, 3.05) is 13.7 Å². The first-order valence-corrected chi connectivity index (χ1v) is 8.32. The van der Waals surface area contributed by atoms with Crippen LogP contribution in [0.4, 0.5) is 0 Å². The van der Waals surface area contributed by atoms with E-state index in [4.69, 9.17) is 9.84 Å². The smallest absolute Gasteiger partial charge is 0.223 e. The van der Waals surface area contributed by atoms with E-state index in [0.717, 1.165) is 35.3 Å². The number of hydrogen-bond donors (Lipinski definition) is 2. The standard InChI is InChI=1S/C20H23NO3/c1-24-19-5-3-2-4-16(19)17-12-18(17)20(23)21-11-10-14-6-8-15(13-22)9-7-14/h2-9,17-18,22H,10-13H2,1H3,(H,21,23). The monoisotopic (exact) mass is 325 g/mol. The molecule has 0 aromatic heterocycles. The molecule has 0 saturated heterocycles. The summed E-state index contributed by atoms with van der Waals surface area (Å²) in [5.74, 6) is 1.31. The van der Waals surface area contributed by atoms with Gasteiger partial charge in [-0.3, -0.25) is 4.79 Å². The van der Waals surface area contributed by atoms with Gasteiger partial charge < -0.3 is 15.2 Å². The molecule has 2 unspecified atom stereocenters. The largest absolute Gasteiger partial charge is 0.496 e. The molecule has 1 amide bonds. The highest BCUT2D eigenvalue weighted by molar-refractivity contribution is 5.83. The van der Waals surface area contributed by atoms with E-state index in [1.807, 2.05) is 48.5 Å². The molecular formula is C20H23NO3. The highest BCUT2D eigenvalue weighted by Gasteiger charge is 2.44. The van der Waals surface area contributed by atoms with Gasteiger partial charge in [0.15, 0.2) is 0 Å². The summed E-state index contributed by atoms with van der Waals surface area (Å²) in [5.41, 5.74) is 3.18. The maximum atomic E-state index is 12.3. The molecule has 0 radical (unpaired) electrons. The number of amides is 1. The molecule has 24 heavy (non-hydrogen) atoms. The Morgan fingerprint density at radius 1 is 1.17 bits per heavy atom. The third kappa shape index (κ3) is 3.77. The maximum Gasteiger partial charge on any atom is 0.223 e. The molecule has 2 atom stereocenters. The minimum atomic E-state index is 0.0538. The van der Waals surface area contributed by atoms with Crippen LogP contribution in [0, 0.1) is 5.92 Å². The van der Waals surface area contributed by atoms with Crippen molar-refractivity contribution in [3.8, 4) is 5.75 Å². The number of aliphatic hydroxyl groups is 1. The molecule has 0 spiro atoms. The Morgan fingerprint density at radius 3 is 2.58 bits per heavy atom. The summed E-state index contributed by atoms with van der Waals surface area (Å²) < 4.78 is 5.38. The Balaban J connectivity index is 1.48. The summed E-state index contributed by atoms with van der Waals surface area (Å²) in [7, 11) is 1.67. The van der Waals surface area contributed by atoms with Crippen LogP contribution in [-0.2, 0) is 17.8 Å². The minimum Gasteiger partial charge on any atom is -0.496 e. The van der Waals surface area contributed by atoms with Crippen LogP contribution < -0.4 is 10.1 Å². The molecule has 1 aliphatic rings. The topological polar surface area (TPSA) is 58.6 Å². The van der Waals surface area contributed by atoms with Crippen LogP contribution in [0.3, 0.4) is 0 Å². The zero-order valence-electron chi connectivity index (χ0n) is 13.9. The van der Waals surface area contributed by atoms with E-state index in [2.05, 4.69) is 5.32 Å². The molecule has 2 aromatic rings. The van der Waals surface area contributed by atoms with E-state index >= 15 is 0 Å². The van der Waals surface area contributed by atoms with Gasteiger partial charge >= 0.3 is 0 Å². The predicted octanol–water partition coefficient (Wildman–Crippen LogP) is 2.65. The molecule has 2 aromatic carbocycles. The van der Waals surface area contributed by atoms with Crippen LogP contribution in [0.15, 0.2) is 48.5 Å². The van der Waals surface area contributed by atoms with Gasteiger partial charge in [0, 0.05) is 12.5 Å². The van der Waals surface area contributed by atoms with Gasteiger partial charge in [-0.15, -0.1) is 0 Å². The highest BCUT2D eigenvalue weighted by atomic mass is 16.5. The number of para-hydroxylation sites is 1. The number of rotatable bonds is 7. The number of ether oxygens (including phenoxy) is 1. The fourth-order valence-electron chi connectivity index (χ4n) is 3.07. The molecule has 1 fully saturated rings. The molecule has 4 heteroatoms. The van der Waals surface area contributed by atoms with Crippen molar-refractivity contribution < 1.29 is 14.6 Å². The van der Waals surface area contributed by atoms with Crippen molar-refractivity contribution in [3.05, 3.63) is 65.2 Å². The van der Waals surface area contributed by atoms with Crippen molar-refractivity contribution in [3.63, 3.8) is 0 Å². The predicted molar refractivity (Wildman–Crippen MR) is 92.9 cm³/mol. The van der Waals surface area contributed by atoms with Crippen LogP contribution in [-0.4, -0.2) is 24.7 Å². The van der Waals surface area contributed by atoms with Crippen LogP contribution >= 0.6 is 0 Å². The Morgan fingerprint density at radius 2 is 1.88 bits per heavy atom. The summed E-state index contributed by atoms with van der Waals surface area (Å²) in [4.78, 5) is 12.3. The molecule has 4 nitrogen and oxygen atoms in total. The number of carbonyl (C=O) groups is 1. The fourth-order valence-corrected chi connectivity index (χ4v) is 3.07. The second-order valence-electron chi connectivity index (χ2n) is 6.21. The minimum absolute atomic E-state index is 0.0538.